The molecule has 0 saturated heterocycles. The lowest BCUT2D eigenvalue weighted by Gasteiger charge is -2.59. The first kappa shape index (κ1) is 19.6. The van der Waals surface area contributed by atoms with Crippen LogP contribution in [0.4, 0.5) is 5.69 Å². The van der Waals surface area contributed by atoms with Gasteiger partial charge in [0.05, 0.1) is 10.7 Å². The van der Waals surface area contributed by atoms with Crippen molar-refractivity contribution in [2.24, 2.45) is 23.2 Å². The van der Waals surface area contributed by atoms with Crippen molar-refractivity contribution in [3.63, 3.8) is 0 Å². The largest absolute Gasteiger partial charge is 0.359 e. The highest BCUT2D eigenvalue weighted by Gasteiger charge is 2.53. The molecule has 4 fully saturated rings. The summed E-state index contributed by atoms with van der Waals surface area (Å²) in [4.78, 5) is 12.7. The van der Waals surface area contributed by atoms with Crippen molar-refractivity contribution in [1.29, 1.82) is 5.26 Å². The minimum Gasteiger partial charge on any atom is -0.359 e. The number of nitrogens with one attached hydrogen (secondary N) is 2. The Morgan fingerprint density at radius 3 is 2.36 bits per heavy atom. The Hall–Kier alpha value is -1.70. The number of anilines is 1. The van der Waals surface area contributed by atoms with Gasteiger partial charge in [-0.15, -0.1) is 0 Å². The molecule has 6 heteroatoms. The number of benzene rings is 1. The van der Waals surface area contributed by atoms with Crippen LogP contribution in [0.15, 0.2) is 30.0 Å². The molecule has 4 bridgehead atoms. The van der Waals surface area contributed by atoms with E-state index in [1.165, 1.54) is 44.7 Å². The summed E-state index contributed by atoms with van der Waals surface area (Å²) in [6.45, 7) is 2.11. The predicted octanol–water partition coefficient (Wildman–Crippen LogP) is 5.53. The molecule has 0 radical (unpaired) electrons. The van der Waals surface area contributed by atoms with Crippen molar-refractivity contribution in [2.45, 2.75) is 51.5 Å². The minimum atomic E-state index is -0.330. The molecule has 5 rings (SSSR count). The summed E-state index contributed by atoms with van der Waals surface area (Å²) in [7, 11) is 0. The van der Waals surface area contributed by atoms with E-state index in [-0.39, 0.29) is 22.9 Å². The van der Waals surface area contributed by atoms with Gasteiger partial charge in [-0.1, -0.05) is 23.2 Å². The van der Waals surface area contributed by atoms with Gasteiger partial charge in [0.2, 0.25) is 0 Å². The number of amides is 1. The topological polar surface area (TPSA) is 64.9 Å². The van der Waals surface area contributed by atoms with E-state index in [9.17, 15) is 10.1 Å². The summed E-state index contributed by atoms with van der Waals surface area (Å²) in [5, 5.41) is 16.5. The number of hydrogen-bond donors (Lipinski definition) is 2. The fraction of sp³-hybridized carbons (Fsp3) is 0.545. The van der Waals surface area contributed by atoms with Crippen LogP contribution in [-0.4, -0.2) is 11.9 Å². The SMILES string of the molecule is CC(NC(=O)/C(C#N)=C\Nc1ccc(Cl)cc1Cl)C12CC3CC(CC(C3)C1)C2. The van der Waals surface area contributed by atoms with Crippen LogP contribution in [0.5, 0.6) is 0 Å². The van der Waals surface area contributed by atoms with Gasteiger partial charge in [-0.3, -0.25) is 4.79 Å². The molecular formula is C22H25Cl2N3O. The van der Waals surface area contributed by atoms with Crippen molar-refractivity contribution in [3.8, 4) is 6.07 Å². The highest BCUT2D eigenvalue weighted by atomic mass is 35.5. The molecule has 28 heavy (non-hydrogen) atoms. The van der Waals surface area contributed by atoms with Crippen LogP contribution >= 0.6 is 23.2 Å². The second kappa shape index (κ2) is 7.61. The molecule has 0 aromatic heterocycles. The Bertz CT molecular complexity index is 823. The molecule has 4 aliphatic rings. The maximum atomic E-state index is 12.7. The molecule has 1 unspecified atom stereocenters. The number of hydrogen-bond acceptors (Lipinski definition) is 3. The molecule has 4 aliphatic carbocycles. The molecule has 4 nitrogen and oxygen atoms in total. The maximum absolute atomic E-state index is 12.7. The average molecular weight is 418 g/mol. The van der Waals surface area contributed by atoms with E-state index in [2.05, 4.69) is 17.6 Å². The second-order valence-corrected chi connectivity index (χ2v) is 9.76. The van der Waals surface area contributed by atoms with Crippen LogP contribution in [0.1, 0.15) is 45.4 Å². The molecule has 0 aliphatic heterocycles. The number of rotatable bonds is 5. The zero-order valence-electron chi connectivity index (χ0n) is 16.0. The summed E-state index contributed by atoms with van der Waals surface area (Å²) < 4.78 is 0. The highest BCUT2D eigenvalue weighted by molar-refractivity contribution is 6.36. The Kier molecular flexibility index (Phi) is 5.33. The molecule has 2 N–H and O–H groups in total. The van der Waals surface area contributed by atoms with Crippen LogP contribution in [0, 0.1) is 34.5 Å². The van der Waals surface area contributed by atoms with E-state index in [1.807, 2.05) is 6.07 Å². The molecule has 1 aromatic carbocycles. The van der Waals surface area contributed by atoms with E-state index >= 15 is 0 Å². The Labute approximate surface area is 176 Å². The third-order valence-corrected chi connectivity index (χ3v) is 7.57. The lowest BCUT2D eigenvalue weighted by molar-refractivity contribution is -0.122. The molecule has 1 amide bonds. The third-order valence-electron chi connectivity index (χ3n) is 7.02. The highest BCUT2D eigenvalue weighted by Crippen LogP contribution is 2.61. The minimum absolute atomic E-state index is 0.0441. The van der Waals surface area contributed by atoms with Crippen LogP contribution in [-0.2, 0) is 4.79 Å². The summed E-state index contributed by atoms with van der Waals surface area (Å²) in [6, 6.07) is 7.10. The number of nitriles is 1. The maximum Gasteiger partial charge on any atom is 0.263 e. The smallest absolute Gasteiger partial charge is 0.263 e. The van der Waals surface area contributed by atoms with Crippen molar-refractivity contribution in [3.05, 3.63) is 40.0 Å². The normalized spacial score (nSPS) is 31.9. The molecule has 4 saturated carbocycles. The van der Waals surface area contributed by atoms with Gasteiger partial charge >= 0.3 is 0 Å². The van der Waals surface area contributed by atoms with Gasteiger partial charge in [0.25, 0.3) is 5.91 Å². The predicted molar refractivity (Wildman–Crippen MR) is 112 cm³/mol. The zero-order valence-corrected chi connectivity index (χ0v) is 17.5. The van der Waals surface area contributed by atoms with E-state index in [0.29, 0.717) is 15.7 Å². The van der Waals surface area contributed by atoms with E-state index < -0.39 is 0 Å². The van der Waals surface area contributed by atoms with Crippen molar-refractivity contribution in [1.82, 2.24) is 5.32 Å². The number of carbonyl (C=O) groups excluding carboxylic acids is 1. The van der Waals surface area contributed by atoms with Gasteiger partial charge in [-0.05, 0) is 86.8 Å². The van der Waals surface area contributed by atoms with Crippen LogP contribution in [0.3, 0.4) is 0 Å². The average Bonchev–Trinajstić information content (AvgIpc) is 2.62. The van der Waals surface area contributed by atoms with Crippen LogP contribution in [0.2, 0.25) is 10.0 Å². The molecule has 1 atom stereocenters. The van der Waals surface area contributed by atoms with Gasteiger partial charge in [0.15, 0.2) is 0 Å². The summed E-state index contributed by atoms with van der Waals surface area (Å²) in [5.74, 6) is 2.14. The Morgan fingerprint density at radius 1 is 1.21 bits per heavy atom. The zero-order chi connectivity index (χ0) is 19.9. The van der Waals surface area contributed by atoms with Gasteiger partial charge in [0, 0.05) is 17.3 Å². The molecular weight excluding hydrogens is 393 g/mol. The summed E-state index contributed by atoms with van der Waals surface area (Å²) >= 11 is 12.0. The number of halogens is 2. The lowest BCUT2D eigenvalue weighted by Crippen LogP contribution is -2.56. The Morgan fingerprint density at radius 2 is 1.82 bits per heavy atom. The van der Waals surface area contributed by atoms with Crippen LogP contribution in [0.25, 0.3) is 0 Å². The molecule has 0 spiro atoms. The van der Waals surface area contributed by atoms with Crippen molar-refractivity contribution >= 4 is 34.8 Å². The van der Waals surface area contributed by atoms with Crippen LogP contribution < -0.4 is 10.6 Å². The fourth-order valence-electron chi connectivity index (χ4n) is 6.04. The first-order valence-electron chi connectivity index (χ1n) is 10.0. The quantitative estimate of drug-likeness (QED) is 0.488. The second-order valence-electron chi connectivity index (χ2n) is 8.91. The monoisotopic (exact) mass is 417 g/mol. The van der Waals surface area contributed by atoms with Gasteiger partial charge in [-0.2, -0.15) is 5.26 Å². The first-order chi connectivity index (χ1) is 13.4. The third kappa shape index (κ3) is 3.75. The number of nitrogens with zero attached hydrogens (tertiary/aromatic N) is 1. The molecule has 0 heterocycles. The van der Waals surface area contributed by atoms with Gasteiger partial charge < -0.3 is 10.6 Å². The first-order valence-corrected chi connectivity index (χ1v) is 10.8. The van der Waals surface area contributed by atoms with E-state index in [0.717, 1.165) is 17.8 Å². The Balaban J connectivity index is 1.43. The standard InChI is InChI=1S/C22H25Cl2N3O/c1-13(22-8-14-4-15(9-22)6-16(5-14)10-22)27-21(28)17(11-25)12-26-20-3-2-18(23)7-19(20)24/h2-3,7,12-16,26H,4-6,8-10H2,1H3,(H,27,28)/b17-12-. The molecule has 1 aromatic rings. The lowest BCUT2D eigenvalue weighted by atomic mass is 9.48. The van der Waals surface area contributed by atoms with E-state index in [1.54, 1.807) is 18.2 Å². The fourth-order valence-corrected chi connectivity index (χ4v) is 6.50. The van der Waals surface area contributed by atoms with Gasteiger partial charge in [-0.25, -0.2) is 0 Å². The van der Waals surface area contributed by atoms with E-state index in [4.69, 9.17) is 23.2 Å². The van der Waals surface area contributed by atoms with Gasteiger partial charge in [0.1, 0.15) is 11.6 Å². The number of carbonyl (C=O) groups is 1. The summed E-state index contributed by atoms with van der Waals surface area (Å²) in [6.07, 6.45) is 9.16. The van der Waals surface area contributed by atoms with Crippen molar-refractivity contribution in [2.75, 3.05) is 5.32 Å². The van der Waals surface area contributed by atoms with Crippen molar-refractivity contribution < 1.29 is 4.79 Å². The summed E-state index contributed by atoms with van der Waals surface area (Å²) in [5.41, 5.74) is 0.848. The molecule has 148 valence electrons.